The van der Waals surface area contributed by atoms with Crippen molar-refractivity contribution in [1.82, 2.24) is 24.5 Å². The summed E-state index contributed by atoms with van der Waals surface area (Å²) in [6.45, 7) is 6.51. The van der Waals surface area contributed by atoms with Gasteiger partial charge in [0.1, 0.15) is 0 Å². The van der Waals surface area contributed by atoms with E-state index in [2.05, 4.69) is 24.8 Å². The lowest BCUT2D eigenvalue weighted by molar-refractivity contribution is 0.349. The second kappa shape index (κ2) is 7.88. The Balaban J connectivity index is 1.40. The lowest BCUT2D eigenvalue weighted by Crippen LogP contribution is -2.37. The minimum absolute atomic E-state index is 0.0121. The molecular formula is C21H24N6O. The zero-order valence-corrected chi connectivity index (χ0v) is 16.2. The molecule has 0 amide bonds. The maximum Gasteiger partial charge on any atom is 0.253 e. The summed E-state index contributed by atoms with van der Waals surface area (Å²) in [5.41, 5.74) is 3.57. The SMILES string of the molecule is Cc1cc(C)nc(N2CCC(Cn3cnc(-c4ccncc4)cc3=O)CC2)n1. The molecule has 7 nitrogen and oxygen atoms in total. The van der Waals surface area contributed by atoms with E-state index in [0.29, 0.717) is 18.2 Å². The lowest BCUT2D eigenvalue weighted by atomic mass is 9.97. The number of aryl methyl sites for hydroxylation is 2. The third kappa shape index (κ3) is 4.08. The number of rotatable bonds is 4. The molecule has 0 aliphatic carbocycles. The molecule has 1 fully saturated rings. The quantitative estimate of drug-likeness (QED) is 0.697. The highest BCUT2D eigenvalue weighted by Gasteiger charge is 2.22. The average molecular weight is 376 g/mol. The van der Waals surface area contributed by atoms with Gasteiger partial charge in [0, 0.05) is 55.0 Å². The van der Waals surface area contributed by atoms with Gasteiger partial charge in [-0.15, -0.1) is 0 Å². The van der Waals surface area contributed by atoms with Gasteiger partial charge >= 0.3 is 0 Å². The average Bonchev–Trinajstić information content (AvgIpc) is 2.70. The minimum atomic E-state index is -0.0121. The zero-order valence-electron chi connectivity index (χ0n) is 16.2. The van der Waals surface area contributed by atoms with E-state index in [1.165, 1.54) is 0 Å². The van der Waals surface area contributed by atoms with Gasteiger partial charge in [-0.25, -0.2) is 15.0 Å². The summed E-state index contributed by atoms with van der Waals surface area (Å²) in [5.74, 6) is 1.27. The molecule has 0 bridgehead atoms. The van der Waals surface area contributed by atoms with Crippen molar-refractivity contribution in [3.8, 4) is 11.3 Å². The Kier molecular flexibility index (Phi) is 5.14. The molecule has 1 saturated heterocycles. The van der Waals surface area contributed by atoms with E-state index >= 15 is 0 Å². The smallest absolute Gasteiger partial charge is 0.253 e. The Hall–Kier alpha value is -3.09. The molecule has 1 aliphatic rings. The first-order chi connectivity index (χ1) is 13.6. The summed E-state index contributed by atoms with van der Waals surface area (Å²) in [4.78, 5) is 32.4. The Labute approximate surface area is 164 Å². The Morgan fingerprint density at radius 3 is 2.36 bits per heavy atom. The second-order valence-electron chi connectivity index (χ2n) is 7.38. The van der Waals surface area contributed by atoms with Crippen molar-refractivity contribution in [2.24, 2.45) is 5.92 Å². The maximum absolute atomic E-state index is 12.5. The van der Waals surface area contributed by atoms with Crippen LogP contribution in [0, 0.1) is 19.8 Å². The minimum Gasteiger partial charge on any atom is -0.341 e. The normalized spacial score (nSPS) is 15.0. The molecule has 0 saturated carbocycles. The van der Waals surface area contributed by atoms with Crippen LogP contribution in [0.5, 0.6) is 0 Å². The largest absolute Gasteiger partial charge is 0.341 e. The van der Waals surface area contributed by atoms with E-state index in [4.69, 9.17) is 0 Å². The molecule has 0 N–H and O–H groups in total. The van der Waals surface area contributed by atoms with Gasteiger partial charge < -0.3 is 4.90 Å². The van der Waals surface area contributed by atoms with E-state index in [0.717, 1.165) is 48.8 Å². The van der Waals surface area contributed by atoms with Gasteiger partial charge in [0.2, 0.25) is 5.95 Å². The number of aromatic nitrogens is 5. The van der Waals surface area contributed by atoms with Crippen molar-refractivity contribution in [3.05, 3.63) is 64.7 Å². The number of piperidine rings is 1. The summed E-state index contributed by atoms with van der Waals surface area (Å²) in [5, 5.41) is 0. The fraction of sp³-hybridized carbons (Fsp3) is 0.381. The monoisotopic (exact) mass is 376 g/mol. The predicted octanol–water partition coefficient (Wildman–Crippen LogP) is 2.63. The van der Waals surface area contributed by atoms with Crippen molar-refractivity contribution in [1.29, 1.82) is 0 Å². The van der Waals surface area contributed by atoms with Gasteiger partial charge in [-0.05, 0) is 50.8 Å². The zero-order chi connectivity index (χ0) is 19.5. The van der Waals surface area contributed by atoms with Gasteiger partial charge in [0.25, 0.3) is 5.56 Å². The molecule has 4 heterocycles. The van der Waals surface area contributed by atoms with E-state index in [-0.39, 0.29) is 5.56 Å². The van der Waals surface area contributed by atoms with Gasteiger partial charge in [-0.3, -0.25) is 14.3 Å². The number of pyridine rings is 1. The molecule has 0 atom stereocenters. The van der Waals surface area contributed by atoms with Crippen LogP contribution in [0.2, 0.25) is 0 Å². The molecule has 0 aromatic carbocycles. The van der Waals surface area contributed by atoms with Crippen LogP contribution in [0.25, 0.3) is 11.3 Å². The third-order valence-electron chi connectivity index (χ3n) is 5.18. The maximum atomic E-state index is 12.5. The number of hydrogen-bond donors (Lipinski definition) is 0. The Bertz CT molecular complexity index is 989. The molecule has 4 rings (SSSR count). The molecular weight excluding hydrogens is 352 g/mol. The van der Waals surface area contributed by atoms with Gasteiger partial charge in [-0.1, -0.05) is 0 Å². The fourth-order valence-electron chi connectivity index (χ4n) is 3.69. The molecule has 1 aliphatic heterocycles. The van der Waals surface area contributed by atoms with Crippen LogP contribution >= 0.6 is 0 Å². The van der Waals surface area contributed by atoms with Gasteiger partial charge in [0.15, 0.2) is 0 Å². The third-order valence-corrected chi connectivity index (χ3v) is 5.18. The highest BCUT2D eigenvalue weighted by Crippen LogP contribution is 2.22. The molecule has 3 aromatic heterocycles. The molecule has 0 spiro atoms. The van der Waals surface area contributed by atoms with Crippen LogP contribution in [0.4, 0.5) is 5.95 Å². The van der Waals surface area contributed by atoms with Crippen molar-refractivity contribution >= 4 is 5.95 Å². The van der Waals surface area contributed by atoms with E-state index in [9.17, 15) is 4.79 Å². The van der Waals surface area contributed by atoms with Crippen molar-refractivity contribution in [2.45, 2.75) is 33.2 Å². The first-order valence-electron chi connectivity index (χ1n) is 9.62. The summed E-state index contributed by atoms with van der Waals surface area (Å²) in [7, 11) is 0. The van der Waals surface area contributed by atoms with Crippen molar-refractivity contribution in [2.75, 3.05) is 18.0 Å². The molecule has 3 aromatic rings. The number of anilines is 1. The number of nitrogens with zero attached hydrogens (tertiary/aromatic N) is 6. The fourth-order valence-corrected chi connectivity index (χ4v) is 3.69. The second-order valence-corrected chi connectivity index (χ2v) is 7.38. The van der Waals surface area contributed by atoms with Crippen molar-refractivity contribution < 1.29 is 0 Å². The van der Waals surface area contributed by atoms with Crippen LogP contribution in [0.15, 0.2) is 47.8 Å². The van der Waals surface area contributed by atoms with Crippen LogP contribution < -0.4 is 10.5 Å². The van der Waals surface area contributed by atoms with Crippen molar-refractivity contribution in [3.63, 3.8) is 0 Å². The summed E-state index contributed by atoms with van der Waals surface area (Å²) in [6.07, 6.45) is 7.09. The summed E-state index contributed by atoms with van der Waals surface area (Å²) >= 11 is 0. The molecule has 144 valence electrons. The molecule has 28 heavy (non-hydrogen) atoms. The van der Waals surface area contributed by atoms with Crippen LogP contribution in [-0.2, 0) is 6.54 Å². The number of hydrogen-bond acceptors (Lipinski definition) is 6. The standard InChI is InChI=1S/C21H24N6O/c1-15-11-16(2)25-21(24-15)26-9-5-17(6-10-26)13-27-14-23-19(12-20(27)28)18-3-7-22-8-4-18/h3-4,7-8,11-12,14,17H,5-6,9-10,13H2,1-2H3. The molecule has 0 unspecified atom stereocenters. The Morgan fingerprint density at radius 2 is 1.71 bits per heavy atom. The molecule has 7 heteroatoms. The summed E-state index contributed by atoms with van der Waals surface area (Å²) in [6, 6.07) is 7.31. The highest BCUT2D eigenvalue weighted by atomic mass is 16.1. The first kappa shape index (κ1) is 18.3. The van der Waals surface area contributed by atoms with Gasteiger partial charge in [0.05, 0.1) is 12.0 Å². The van der Waals surface area contributed by atoms with E-state index in [1.54, 1.807) is 29.4 Å². The van der Waals surface area contributed by atoms with Crippen LogP contribution in [0.3, 0.4) is 0 Å². The molecule has 0 radical (unpaired) electrons. The topological polar surface area (TPSA) is 76.8 Å². The van der Waals surface area contributed by atoms with E-state index in [1.807, 2.05) is 32.0 Å². The van der Waals surface area contributed by atoms with Crippen LogP contribution in [0.1, 0.15) is 24.2 Å². The lowest BCUT2D eigenvalue weighted by Gasteiger charge is -2.32. The first-order valence-corrected chi connectivity index (χ1v) is 9.62. The highest BCUT2D eigenvalue weighted by molar-refractivity contribution is 5.57. The summed E-state index contributed by atoms with van der Waals surface area (Å²) < 4.78 is 1.72. The van der Waals surface area contributed by atoms with Gasteiger partial charge in [-0.2, -0.15) is 0 Å². The predicted molar refractivity (Wildman–Crippen MR) is 108 cm³/mol. The van der Waals surface area contributed by atoms with Crippen LogP contribution in [-0.4, -0.2) is 37.6 Å². The van der Waals surface area contributed by atoms with E-state index < -0.39 is 0 Å². The Morgan fingerprint density at radius 1 is 1.04 bits per heavy atom.